The summed E-state index contributed by atoms with van der Waals surface area (Å²) in [5.41, 5.74) is 7.69. The number of piperidine rings is 1. The van der Waals surface area contributed by atoms with Crippen molar-refractivity contribution < 1.29 is 9.18 Å². The summed E-state index contributed by atoms with van der Waals surface area (Å²) in [5.74, 6) is 4.85. The van der Waals surface area contributed by atoms with Crippen LogP contribution in [0.2, 0.25) is 0 Å². The van der Waals surface area contributed by atoms with Crippen LogP contribution in [0.1, 0.15) is 30.1 Å². The number of nitrogens with two attached hydrogens (primary N) is 1. The average Bonchev–Trinajstić information content (AvgIpc) is 3.07. The van der Waals surface area contributed by atoms with Crippen molar-refractivity contribution >= 4 is 33.4 Å². The number of aromatic nitrogens is 1. The van der Waals surface area contributed by atoms with E-state index in [9.17, 15) is 4.79 Å². The molecule has 3 aromatic rings. The number of carbonyl (C=O) groups excluding carboxylic acids is 1. The third-order valence-corrected chi connectivity index (χ3v) is 5.37. The number of hydrogen-bond acceptors (Lipinski definition) is 3. The number of primary amides is 1. The Morgan fingerprint density at radius 3 is 3.04 bits per heavy atom. The molecule has 0 saturated carbocycles. The minimum atomic E-state index is -0.640. The first kappa shape index (κ1) is 18.3. The number of anilines is 1. The molecular weight excluding hydrogens is 355 g/mol. The molecule has 1 amide bonds. The molecule has 5 nitrogen and oxygen atoms in total. The molecule has 2 heterocycles. The van der Waals surface area contributed by atoms with Gasteiger partial charge in [-0.15, -0.1) is 5.92 Å². The van der Waals surface area contributed by atoms with E-state index in [1.807, 2.05) is 31.2 Å². The van der Waals surface area contributed by atoms with Gasteiger partial charge >= 0.3 is 0 Å². The van der Waals surface area contributed by atoms with Crippen molar-refractivity contribution in [1.29, 1.82) is 0 Å². The number of rotatable bonds is 4. The molecule has 6 heteroatoms. The lowest BCUT2D eigenvalue weighted by Gasteiger charge is -2.35. The number of para-hydroxylation sites is 1. The van der Waals surface area contributed by atoms with Crippen LogP contribution >= 0.6 is 0 Å². The van der Waals surface area contributed by atoms with Crippen molar-refractivity contribution in [3.05, 3.63) is 41.7 Å². The second kappa shape index (κ2) is 7.53. The third kappa shape index (κ3) is 3.19. The van der Waals surface area contributed by atoms with Gasteiger partial charge in [-0.3, -0.25) is 4.79 Å². The number of nitrogens with one attached hydrogen (secondary N) is 2. The molecule has 1 aliphatic heterocycles. The molecule has 144 valence electrons. The van der Waals surface area contributed by atoms with Crippen LogP contribution in [0.5, 0.6) is 0 Å². The number of hydrogen-bond donors (Lipinski definition) is 3. The van der Waals surface area contributed by atoms with Gasteiger partial charge in [0, 0.05) is 35.4 Å². The highest BCUT2D eigenvalue weighted by Gasteiger charge is 2.27. The highest BCUT2D eigenvalue weighted by Crippen LogP contribution is 2.38. The lowest BCUT2D eigenvalue weighted by Crippen LogP contribution is -2.46. The van der Waals surface area contributed by atoms with Gasteiger partial charge in [0.1, 0.15) is 5.82 Å². The zero-order valence-electron chi connectivity index (χ0n) is 15.8. The van der Waals surface area contributed by atoms with E-state index in [2.05, 4.69) is 27.0 Å². The van der Waals surface area contributed by atoms with Gasteiger partial charge in [-0.05, 0) is 31.9 Å². The predicted molar refractivity (Wildman–Crippen MR) is 111 cm³/mol. The molecule has 2 aromatic carbocycles. The van der Waals surface area contributed by atoms with Crippen LogP contribution < -0.4 is 16.0 Å². The van der Waals surface area contributed by atoms with Crippen LogP contribution in [-0.2, 0) is 0 Å². The summed E-state index contributed by atoms with van der Waals surface area (Å²) in [6, 6.07) is 9.19. The number of H-pyrrole nitrogens is 1. The standard InChI is InChI=1S/C22H23FN4O/c1-2-3-10-25-14-7-6-11-27(13-14)21-17(23)12-16(22(24)28)20-19(21)15-8-4-5-9-18(15)26-20/h4-5,8-9,12,14,25-26H,6-7,10-11,13H2,1H3,(H2,24,28)/t14-/m0/s1. The molecule has 4 rings (SSSR count). The van der Waals surface area contributed by atoms with Gasteiger partial charge in [0.2, 0.25) is 0 Å². The number of halogens is 1. The van der Waals surface area contributed by atoms with E-state index < -0.39 is 11.7 Å². The highest BCUT2D eigenvalue weighted by atomic mass is 19.1. The normalized spacial score (nSPS) is 16.9. The van der Waals surface area contributed by atoms with Crippen LogP contribution in [0.25, 0.3) is 21.8 Å². The van der Waals surface area contributed by atoms with Gasteiger partial charge in [0.25, 0.3) is 5.91 Å². The van der Waals surface area contributed by atoms with Crippen molar-refractivity contribution in [2.45, 2.75) is 25.8 Å². The Bertz CT molecular complexity index is 1110. The summed E-state index contributed by atoms with van der Waals surface area (Å²) in [6.45, 7) is 3.89. The third-order valence-electron chi connectivity index (χ3n) is 5.37. The smallest absolute Gasteiger partial charge is 0.250 e. The molecule has 4 N–H and O–H groups in total. The molecule has 1 aromatic heterocycles. The molecule has 0 spiro atoms. The van der Waals surface area contributed by atoms with Crippen LogP contribution in [0.3, 0.4) is 0 Å². The molecular formula is C22H23FN4O. The van der Waals surface area contributed by atoms with Gasteiger partial charge in [0.15, 0.2) is 0 Å². The van der Waals surface area contributed by atoms with Crippen LogP contribution in [0.15, 0.2) is 30.3 Å². The minimum Gasteiger partial charge on any atom is -0.367 e. The average molecular weight is 378 g/mol. The molecule has 0 unspecified atom stereocenters. The van der Waals surface area contributed by atoms with E-state index in [4.69, 9.17) is 5.73 Å². The zero-order valence-corrected chi connectivity index (χ0v) is 15.8. The van der Waals surface area contributed by atoms with Crippen molar-refractivity contribution in [1.82, 2.24) is 10.3 Å². The first-order chi connectivity index (χ1) is 13.6. The van der Waals surface area contributed by atoms with Gasteiger partial charge in [0.05, 0.1) is 23.3 Å². The molecule has 1 aliphatic rings. The van der Waals surface area contributed by atoms with Gasteiger partial charge in [-0.2, -0.15) is 0 Å². The van der Waals surface area contributed by atoms with Crippen molar-refractivity contribution in [3.63, 3.8) is 0 Å². The van der Waals surface area contributed by atoms with Crippen molar-refractivity contribution in [3.8, 4) is 11.8 Å². The van der Waals surface area contributed by atoms with E-state index in [0.29, 0.717) is 24.3 Å². The zero-order chi connectivity index (χ0) is 19.7. The Kier molecular flexibility index (Phi) is 4.93. The molecule has 1 atom stereocenters. The molecule has 0 aliphatic carbocycles. The largest absolute Gasteiger partial charge is 0.367 e. The number of benzene rings is 2. The Morgan fingerprint density at radius 2 is 2.25 bits per heavy atom. The van der Waals surface area contributed by atoms with Crippen LogP contribution in [0.4, 0.5) is 10.1 Å². The monoisotopic (exact) mass is 378 g/mol. The molecule has 0 bridgehead atoms. The van der Waals surface area contributed by atoms with Crippen LogP contribution in [0, 0.1) is 17.7 Å². The van der Waals surface area contributed by atoms with Crippen molar-refractivity contribution in [2.75, 3.05) is 24.5 Å². The van der Waals surface area contributed by atoms with Crippen molar-refractivity contribution in [2.24, 2.45) is 5.73 Å². The van der Waals surface area contributed by atoms with E-state index in [-0.39, 0.29) is 11.6 Å². The summed E-state index contributed by atoms with van der Waals surface area (Å²) in [5, 5.41) is 5.04. The summed E-state index contributed by atoms with van der Waals surface area (Å²) in [7, 11) is 0. The molecule has 0 radical (unpaired) electrons. The molecule has 1 fully saturated rings. The summed E-state index contributed by atoms with van der Waals surface area (Å²) in [6.07, 6.45) is 1.98. The van der Waals surface area contributed by atoms with E-state index in [1.54, 1.807) is 0 Å². The summed E-state index contributed by atoms with van der Waals surface area (Å²) >= 11 is 0. The maximum Gasteiger partial charge on any atom is 0.250 e. The fourth-order valence-corrected chi connectivity index (χ4v) is 4.11. The first-order valence-corrected chi connectivity index (χ1v) is 9.50. The minimum absolute atomic E-state index is 0.178. The summed E-state index contributed by atoms with van der Waals surface area (Å²) < 4.78 is 15.3. The van der Waals surface area contributed by atoms with E-state index >= 15 is 4.39 Å². The number of fused-ring (bicyclic) bond motifs is 3. The Labute approximate surface area is 163 Å². The van der Waals surface area contributed by atoms with Gasteiger partial charge in [-0.25, -0.2) is 4.39 Å². The second-order valence-electron chi connectivity index (χ2n) is 7.13. The Morgan fingerprint density at radius 1 is 1.43 bits per heavy atom. The Balaban J connectivity index is 1.84. The lowest BCUT2D eigenvalue weighted by molar-refractivity contribution is 0.100. The maximum atomic E-state index is 15.3. The molecule has 28 heavy (non-hydrogen) atoms. The lowest BCUT2D eigenvalue weighted by atomic mass is 10.0. The molecule has 1 saturated heterocycles. The van der Waals surface area contributed by atoms with Gasteiger partial charge in [-0.1, -0.05) is 24.1 Å². The SMILES string of the molecule is CC#CCN[C@H]1CCCN(c2c(F)cc(C(N)=O)c3[nH]c4ccccc4c23)C1. The number of aromatic amines is 1. The second-order valence-corrected chi connectivity index (χ2v) is 7.13. The highest BCUT2D eigenvalue weighted by molar-refractivity contribution is 6.19. The number of amides is 1. The quantitative estimate of drug-likeness (QED) is 0.611. The number of nitrogens with zero attached hydrogens (tertiary/aromatic N) is 1. The topological polar surface area (TPSA) is 74.2 Å². The fourth-order valence-electron chi connectivity index (χ4n) is 4.11. The van der Waals surface area contributed by atoms with Gasteiger partial charge < -0.3 is 20.9 Å². The maximum absolute atomic E-state index is 15.3. The number of carbonyl (C=O) groups is 1. The van der Waals surface area contributed by atoms with E-state index in [0.717, 1.165) is 35.7 Å². The van der Waals surface area contributed by atoms with Crippen LogP contribution in [-0.4, -0.2) is 36.6 Å². The first-order valence-electron chi connectivity index (χ1n) is 9.50. The van der Waals surface area contributed by atoms with E-state index in [1.165, 1.54) is 6.07 Å². The summed E-state index contributed by atoms with van der Waals surface area (Å²) in [4.78, 5) is 17.3. The predicted octanol–water partition coefficient (Wildman–Crippen LogP) is 3.14. The fraction of sp³-hybridized carbons (Fsp3) is 0.318. The Hall–Kier alpha value is -3.04.